The predicted octanol–water partition coefficient (Wildman–Crippen LogP) is 3.76. The van der Waals surface area contributed by atoms with E-state index in [4.69, 9.17) is 13.3 Å². The Bertz CT molecular complexity index is 187. The highest BCUT2D eigenvalue weighted by atomic mass is 28.4. The molecule has 1 fully saturated rings. The molecule has 0 saturated heterocycles. The van der Waals surface area contributed by atoms with Crippen molar-refractivity contribution in [2.24, 2.45) is 0 Å². The average molecular weight is 260 g/mol. The molecule has 0 N–H and O–H groups in total. The number of hydrogen-bond donors (Lipinski definition) is 0. The van der Waals surface area contributed by atoms with Gasteiger partial charge in [0.1, 0.15) is 0 Å². The van der Waals surface area contributed by atoms with Gasteiger partial charge in [0, 0.05) is 25.4 Å². The summed E-state index contributed by atoms with van der Waals surface area (Å²) in [7, 11) is -2.42. The quantitative estimate of drug-likeness (QED) is 0.622. The fraction of sp³-hybridized carbons (Fsp3) is 1.00. The first kappa shape index (κ1) is 15.2. The Labute approximate surface area is 107 Å². The van der Waals surface area contributed by atoms with Gasteiger partial charge in [-0.15, -0.1) is 0 Å². The predicted molar refractivity (Wildman–Crippen MR) is 72.1 cm³/mol. The topological polar surface area (TPSA) is 27.7 Å². The molecule has 1 aliphatic rings. The van der Waals surface area contributed by atoms with Gasteiger partial charge in [-0.1, -0.05) is 26.2 Å². The van der Waals surface area contributed by atoms with Crippen LogP contribution in [0.15, 0.2) is 0 Å². The summed E-state index contributed by atoms with van der Waals surface area (Å²) in [5.74, 6) is 0. The molecule has 0 bridgehead atoms. The largest absolute Gasteiger partial charge is 0.504 e. The lowest BCUT2D eigenvalue weighted by Gasteiger charge is -2.37. The van der Waals surface area contributed by atoms with Crippen molar-refractivity contribution in [3.63, 3.8) is 0 Å². The van der Waals surface area contributed by atoms with E-state index in [-0.39, 0.29) is 0 Å². The minimum absolute atomic E-state index is 0.530. The molecule has 0 aliphatic heterocycles. The third kappa shape index (κ3) is 4.36. The van der Waals surface area contributed by atoms with Gasteiger partial charge in [0.25, 0.3) is 0 Å². The first-order chi connectivity index (χ1) is 8.29. The van der Waals surface area contributed by atoms with Crippen LogP contribution in [0.25, 0.3) is 0 Å². The van der Waals surface area contributed by atoms with E-state index in [2.05, 4.69) is 6.92 Å². The Morgan fingerprint density at radius 2 is 1.47 bits per heavy atom. The first-order valence-electron chi connectivity index (χ1n) is 7.20. The monoisotopic (exact) mass is 260 g/mol. The van der Waals surface area contributed by atoms with Crippen molar-refractivity contribution in [2.45, 2.75) is 64.8 Å². The summed E-state index contributed by atoms with van der Waals surface area (Å²) in [6, 6.07) is 0. The lowest BCUT2D eigenvalue weighted by Crippen LogP contribution is -2.51. The minimum Gasteiger partial charge on any atom is -0.374 e. The Morgan fingerprint density at radius 1 is 0.882 bits per heavy atom. The smallest absolute Gasteiger partial charge is 0.374 e. The Kier molecular flexibility index (Phi) is 7.35. The fourth-order valence-electron chi connectivity index (χ4n) is 2.58. The molecule has 0 heterocycles. The zero-order valence-corrected chi connectivity index (χ0v) is 12.7. The Morgan fingerprint density at radius 3 is 1.94 bits per heavy atom. The van der Waals surface area contributed by atoms with Crippen LogP contribution in [0.5, 0.6) is 0 Å². The molecule has 102 valence electrons. The summed E-state index contributed by atoms with van der Waals surface area (Å²) >= 11 is 0. The molecule has 0 unspecified atom stereocenters. The van der Waals surface area contributed by atoms with Crippen molar-refractivity contribution in [1.82, 2.24) is 0 Å². The summed E-state index contributed by atoms with van der Waals surface area (Å²) in [6.07, 6.45) is 7.42. The SMILES string of the molecule is CCCO[Si](OCC)(OCC)C1CCCCC1. The van der Waals surface area contributed by atoms with Crippen LogP contribution < -0.4 is 0 Å². The molecule has 0 radical (unpaired) electrons. The first-order valence-corrected chi connectivity index (χ1v) is 9.01. The second kappa shape index (κ2) is 8.24. The fourth-order valence-corrected chi connectivity index (χ4v) is 5.95. The van der Waals surface area contributed by atoms with E-state index in [0.29, 0.717) is 18.8 Å². The summed E-state index contributed by atoms with van der Waals surface area (Å²) in [5.41, 5.74) is 0.530. The standard InChI is InChI=1S/C13H28O3Si/c1-4-12-16-17(14-5-2,15-6-3)13-10-8-7-9-11-13/h13H,4-12H2,1-3H3. The molecule has 4 heteroatoms. The van der Waals surface area contributed by atoms with E-state index in [0.717, 1.165) is 13.0 Å². The third-order valence-electron chi connectivity index (χ3n) is 3.30. The van der Waals surface area contributed by atoms with Crippen molar-refractivity contribution in [3.8, 4) is 0 Å². The maximum absolute atomic E-state index is 6.09. The zero-order chi connectivity index (χ0) is 12.6. The lowest BCUT2D eigenvalue weighted by molar-refractivity contribution is 0.0523. The molecule has 0 spiro atoms. The van der Waals surface area contributed by atoms with Crippen molar-refractivity contribution < 1.29 is 13.3 Å². The van der Waals surface area contributed by atoms with E-state index in [1.165, 1.54) is 32.1 Å². The second-order valence-electron chi connectivity index (χ2n) is 4.65. The summed E-state index contributed by atoms with van der Waals surface area (Å²) in [5, 5.41) is 0. The third-order valence-corrected chi connectivity index (χ3v) is 6.87. The van der Waals surface area contributed by atoms with Crippen molar-refractivity contribution >= 4 is 8.80 Å². The lowest BCUT2D eigenvalue weighted by atomic mass is 10.0. The normalized spacial score (nSPS) is 18.5. The zero-order valence-electron chi connectivity index (χ0n) is 11.7. The van der Waals surface area contributed by atoms with E-state index >= 15 is 0 Å². The highest BCUT2D eigenvalue weighted by molar-refractivity contribution is 6.62. The molecule has 1 aliphatic carbocycles. The van der Waals surface area contributed by atoms with Gasteiger partial charge in [-0.3, -0.25) is 0 Å². The van der Waals surface area contributed by atoms with Gasteiger partial charge in [0.05, 0.1) is 0 Å². The van der Waals surface area contributed by atoms with Crippen molar-refractivity contribution in [1.29, 1.82) is 0 Å². The van der Waals surface area contributed by atoms with Gasteiger partial charge in [-0.2, -0.15) is 0 Å². The summed E-state index contributed by atoms with van der Waals surface area (Å²) in [6.45, 7) is 8.39. The van der Waals surface area contributed by atoms with Crippen LogP contribution in [-0.2, 0) is 13.3 Å². The highest BCUT2D eigenvalue weighted by Gasteiger charge is 2.49. The van der Waals surface area contributed by atoms with Gasteiger partial charge >= 0.3 is 8.80 Å². The van der Waals surface area contributed by atoms with Crippen LogP contribution in [0.3, 0.4) is 0 Å². The van der Waals surface area contributed by atoms with Gasteiger partial charge in [0.2, 0.25) is 0 Å². The van der Waals surface area contributed by atoms with Crippen LogP contribution in [0.1, 0.15) is 59.3 Å². The minimum atomic E-state index is -2.42. The maximum Gasteiger partial charge on any atom is 0.504 e. The van der Waals surface area contributed by atoms with E-state index in [9.17, 15) is 0 Å². The average Bonchev–Trinajstić information content (AvgIpc) is 2.37. The van der Waals surface area contributed by atoms with E-state index in [1.54, 1.807) is 0 Å². The molecule has 0 aromatic carbocycles. The molecule has 1 rings (SSSR count). The highest BCUT2D eigenvalue weighted by Crippen LogP contribution is 2.38. The summed E-state index contributed by atoms with van der Waals surface area (Å²) in [4.78, 5) is 0. The molecule has 0 aromatic heterocycles. The molecule has 0 amide bonds. The molecule has 1 saturated carbocycles. The number of rotatable bonds is 8. The molecule has 0 atom stereocenters. The van der Waals surface area contributed by atoms with Crippen LogP contribution in [0.2, 0.25) is 5.54 Å². The molecule has 0 aromatic rings. The van der Waals surface area contributed by atoms with Crippen LogP contribution in [0, 0.1) is 0 Å². The van der Waals surface area contributed by atoms with Gasteiger partial charge < -0.3 is 13.3 Å². The van der Waals surface area contributed by atoms with E-state index in [1.807, 2.05) is 13.8 Å². The van der Waals surface area contributed by atoms with Gasteiger partial charge in [-0.05, 0) is 33.1 Å². The molecular formula is C13H28O3Si. The second-order valence-corrected chi connectivity index (χ2v) is 7.54. The summed E-state index contributed by atoms with van der Waals surface area (Å²) < 4.78 is 18.1. The molecule has 17 heavy (non-hydrogen) atoms. The van der Waals surface area contributed by atoms with Crippen LogP contribution >= 0.6 is 0 Å². The maximum atomic E-state index is 6.09. The van der Waals surface area contributed by atoms with Crippen LogP contribution in [-0.4, -0.2) is 28.6 Å². The van der Waals surface area contributed by atoms with Gasteiger partial charge in [0.15, 0.2) is 0 Å². The molecule has 3 nitrogen and oxygen atoms in total. The van der Waals surface area contributed by atoms with Crippen molar-refractivity contribution in [2.75, 3.05) is 19.8 Å². The van der Waals surface area contributed by atoms with Crippen molar-refractivity contribution in [3.05, 3.63) is 0 Å². The van der Waals surface area contributed by atoms with Crippen LogP contribution in [0.4, 0.5) is 0 Å². The Balaban J connectivity index is 2.70. The molecular weight excluding hydrogens is 232 g/mol. The van der Waals surface area contributed by atoms with E-state index < -0.39 is 8.80 Å². The van der Waals surface area contributed by atoms with Gasteiger partial charge in [-0.25, -0.2) is 0 Å². The number of hydrogen-bond acceptors (Lipinski definition) is 3. The Hall–Kier alpha value is 0.0969.